The molecule has 1 aliphatic rings. The Balaban J connectivity index is 1.70. The van der Waals surface area contributed by atoms with Crippen molar-refractivity contribution in [1.29, 1.82) is 0 Å². The molecule has 1 amide bonds. The molecule has 120 valence electrons. The largest absolute Gasteiger partial charge is 0.355 e. The molecule has 4 heteroatoms. The molecule has 3 rings (SSSR count). The molecule has 0 spiro atoms. The third kappa shape index (κ3) is 3.70. The number of rotatable bonds is 2. The Bertz CT molecular complexity index is 699. The van der Waals surface area contributed by atoms with Crippen LogP contribution in [0.1, 0.15) is 28.0 Å². The maximum absolute atomic E-state index is 12.7. The summed E-state index contributed by atoms with van der Waals surface area (Å²) in [5.41, 5.74) is 2.93. The second kappa shape index (κ2) is 6.82. The number of aromatic nitrogens is 1. The Kier molecular flexibility index (Phi) is 4.60. The molecular weight excluding hydrogens is 286 g/mol. The number of pyridine rings is 1. The lowest BCUT2D eigenvalue weighted by Crippen LogP contribution is -2.35. The van der Waals surface area contributed by atoms with Crippen LogP contribution in [-0.4, -0.2) is 42.0 Å². The molecule has 0 atom stereocenters. The third-order valence-corrected chi connectivity index (χ3v) is 4.25. The first-order valence-electron chi connectivity index (χ1n) is 8.18. The Hall–Kier alpha value is -2.36. The van der Waals surface area contributed by atoms with Crippen molar-refractivity contribution in [2.24, 2.45) is 0 Å². The molecule has 4 nitrogen and oxygen atoms in total. The molecule has 0 aliphatic carbocycles. The van der Waals surface area contributed by atoms with Crippen LogP contribution < -0.4 is 4.90 Å². The number of benzene rings is 1. The van der Waals surface area contributed by atoms with Gasteiger partial charge < -0.3 is 9.80 Å². The molecule has 2 heterocycles. The molecule has 1 aromatic carbocycles. The third-order valence-electron chi connectivity index (χ3n) is 4.25. The number of nitrogens with zero attached hydrogens (tertiary/aromatic N) is 3. The van der Waals surface area contributed by atoms with Gasteiger partial charge in [0.1, 0.15) is 5.82 Å². The molecule has 2 aromatic rings. The average Bonchev–Trinajstić information content (AvgIpc) is 2.80. The van der Waals surface area contributed by atoms with E-state index in [1.54, 1.807) is 0 Å². The summed E-state index contributed by atoms with van der Waals surface area (Å²) >= 11 is 0. The summed E-state index contributed by atoms with van der Waals surface area (Å²) in [6.07, 6.45) is 0.965. The van der Waals surface area contributed by atoms with Crippen LogP contribution in [-0.2, 0) is 0 Å². The van der Waals surface area contributed by atoms with Gasteiger partial charge in [-0.1, -0.05) is 23.8 Å². The van der Waals surface area contributed by atoms with Gasteiger partial charge in [-0.25, -0.2) is 4.98 Å². The summed E-state index contributed by atoms with van der Waals surface area (Å²) in [6.45, 7) is 7.33. The highest BCUT2D eigenvalue weighted by Gasteiger charge is 2.21. The van der Waals surface area contributed by atoms with Crippen molar-refractivity contribution >= 4 is 11.7 Å². The smallest absolute Gasteiger partial charge is 0.253 e. The minimum absolute atomic E-state index is 0.132. The molecule has 1 saturated heterocycles. The number of carbonyl (C=O) groups excluding carboxylic acids is 1. The highest BCUT2D eigenvalue weighted by atomic mass is 16.2. The SMILES string of the molecule is Cc1cccc(C(=O)N2CCCN(c3cccc(C)n3)CC2)c1. The summed E-state index contributed by atoms with van der Waals surface area (Å²) < 4.78 is 0. The van der Waals surface area contributed by atoms with E-state index < -0.39 is 0 Å². The molecule has 0 saturated carbocycles. The lowest BCUT2D eigenvalue weighted by Gasteiger charge is -2.23. The fourth-order valence-corrected chi connectivity index (χ4v) is 3.02. The van der Waals surface area contributed by atoms with Crippen LogP contribution in [0.2, 0.25) is 0 Å². The van der Waals surface area contributed by atoms with Gasteiger partial charge in [0, 0.05) is 37.4 Å². The van der Waals surface area contributed by atoms with Gasteiger partial charge in [0.2, 0.25) is 0 Å². The van der Waals surface area contributed by atoms with Gasteiger partial charge in [-0.3, -0.25) is 4.79 Å². The van der Waals surface area contributed by atoms with Crippen LogP contribution in [0, 0.1) is 13.8 Å². The lowest BCUT2D eigenvalue weighted by atomic mass is 10.1. The van der Waals surface area contributed by atoms with Crippen molar-refractivity contribution in [2.75, 3.05) is 31.1 Å². The van der Waals surface area contributed by atoms with E-state index in [0.29, 0.717) is 0 Å². The van der Waals surface area contributed by atoms with Crippen molar-refractivity contribution in [2.45, 2.75) is 20.3 Å². The van der Waals surface area contributed by atoms with E-state index >= 15 is 0 Å². The number of carbonyl (C=O) groups is 1. The number of hydrogen-bond acceptors (Lipinski definition) is 3. The van der Waals surface area contributed by atoms with Crippen molar-refractivity contribution in [1.82, 2.24) is 9.88 Å². The maximum atomic E-state index is 12.7. The summed E-state index contributed by atoms with van der Waals surface area (Å²) in [4.78, 5) is 21.5. The molecule has 1 aromatic heterocycles. The van der Waals surface area contributed by atoms with Gasteiger partial charge in [-0.15, -0.1) is 0 Å². The van der Waals surface area contributed by atoms with Gasteiger partial charge in [-0.05, 0) is 44.5 Å². The van der Waals surface area contributed by atoms with Crippen LogP contribution in [0.4, 0.5) is 5.82 Å². The first-order chi connectivity index (χ1) is 11.1. The molecule has 0 unspecified atom stereocenters. The van der Waals surface area contributed by atoms with E-state index in [9.17, 15) is 4.79 Å². The molecule has 1 fully saturated rings. The lowest BCUT2D eigenvalue weighted by molar-refractivity contribution is 0.0767. The second-order valence-electron chi connectivity index (χ2n) is 6.14. The number of amides is 1. The summed E-state index contributed by atoms with van der Waals surface area (Å²) in [6, 6.07) is 13.9. The van der Waals surface area contributed by atoms with Crippen molar-refractivity contribution < 1.29 is 4.79 Å². The van der Waals surface area contributed by atoms with E-state index in [-0.39, 0.29) is 5.91 Å². The van der Waals surface area contributed by atoms with Crippen molar-refractivity contribution in [3.8, 4) is 0 Å². The van der Waals surface area contributed by atoms with Gasteiger partial charge in [0.25, 0.3) is 5.91 Å². The zero-order valence-electron chi connectivity index (χ0n) is 13.8. The Morgan fingerprint density at radius 1 is 1.00 bits per heavy atom. The van der Waals surface area contributed by atoms with Gasteiger partial charge in [-0.2, -0.15) is 0 Å². The van der Waals surface area contributed by atoms with Crippen molar-refractivity contribution in [3.63, 3.8) is 0 Å². The average molecular weight is 309 g/mol. The van der Waals surface area contributed by atoms with E-state index in [2.05, 4.69) is 9.88 Å². The molecule has 0 radical (unpaired) electrons. The molecule has 1 aliphatic heterocycles. The molecule has 23 heavy (non-hydrogen) atoms. The maximum Gasteiger partial charge on any atom is 0.253 e. The zero-order chi connectivity index (χ0) is 16.2. The fourth-order valence-electron chi connectivity index (χ4n) is 3.02. The van der Waals surface area contributed by atoms with Gasteiger partial charge in [0.05, 0.1) is 0 Å². The predicted molar refractivity (Wildman–Crippen MR) is 92.9 cm³/mol. The Morgan fingerprint density at radius 3 is 2.61 bits per heavy atom. The fraction of sp³-hybridized carbons (Fsp3) is 0.368. The van der Waals surface area contributed by atoms with Crippen molar-refractivity contribution in [3.05, 3.63) is 59.3 Å². The Labute approximate surface area is 137 Å². The molecular formula is C19H23N3O. The van der Waals surface area contributed by atoms with Gasteiger partial charge in [0.15, 0.2) is 0 Å². The molecule has 0 bridgehead atoms. The highest BCUT2D eigenvalue weighted by Crippen LogP contribution is 2.16. The van der Waals surface area contributed by atoms with Crippen LogP contribution >= 0.6 is 0 Å². The van der Waals surface area contributed by atoms with Crippen LogP contribution in [0.15, 0.2) is 42.5 Å². The summed E-state index contributed by atoms with van der Waals surface area (Å²) in [5, 5.41) is 0. The second-order valence-corrected chi connectivity index (χ2v) is 6.14. The number of anilines is 1. The monoisotopic (exact) mass is 309 g/mol. The van der Waals surface area contributed by atoms with E-state index in [0.717, 1.165) is 55.2 Å². The highest BCUT2D eigenvalue weighted by molar-refractivity contribution is 5.94. The normalized spacial score (nSPS) is 15.4. The van der Waals surface area contributed by atoms with E-state index in [1.165, 1.54) is 0 Å². The molecule has 0 N–H and O–H groups in total. The van der Waals surface area contributed by atoms with Gasteiger partial charge >= 0.3 is 0 Å². The first-order valence-corrected chi connectivity index (χ1v) is 8.18. The van der Waals surface area contributed by atoms with E-state index in [1.807, 2.05) is 61.2 Å². The quantitative estimate of drug-likeness (QED) is 0.855. The number of aryl methyl sites for hydroxylation is 2. The topological polar surface area (TPSA) is 36.4 Å². The zero-order valence-corrected chi connectivity index (χ0v) is 13.8. The first kappa shape index (κ1) is 15.5. The Morgan fingerprint density at radius 2 is 1.83 bits per heavy atom. The standard InChI is InChI=1S/C19H23N3O/c1-15-6-3-8-17(14-15)19(23)22-11-5-10-21(12-13-22)18-9-4-7-16(2)20-18/h3-4,6-9,14H,5,10-13H2,1-2H3. The summed E-state index contributed by atoms with van der Waals surface area (Å²) in [5.74, 6) is 1.14. The minimum Gasteiger partial charge on any atom is -0.355 e. The predicted octanol–water partition coefficient (Wildman–Crippen LogP) is 3.05. The van der Waals surface area contributed by atoms with Crippen LogP contribution in [0.25, 0.3) is 0 Å². The minimum atomic E-state index is 0.132. The summed E-state index contributed by atoms with van der Waals surface area (Å²) in [7, 11) is 0. The van der Waals surface area contributed by atoms with E-state index in [4.69, 9.17) is 0 Å². The van der Waals surface area contributed by atoms with Crippen LogP contribution in [0.5, 0.6) is 0 Å². The van der Waals surface area contributed by atoms with Crippen LogP contribution in [0.3, 0.4) is 0 Å². The number of hydrogen-bond donors (Lipinski definition) is 0.